The smallest absolute Gasteiger partial charge is 0.00177 e. The third-order valence-electron chi connectivity index (χ3n) is 3.02. The van der Waals surface area contributed by atoms with Crippen LogP contribution in [0, 0.1) is 23.7 Å². The minimum atomic E-state index is 0.786. The second-order valence-electron chi connectivity index (χ2n) is 5.78. The van der Waals surface area contributed by atoms with Gasteiger partial charge in [-0.1, -0.05) is 27.7 Å². The molecule has 1 unspecified atom stereocenters. The maximum Gasteiger partial charge on any atom is -0.00177 e. The van der Waals surface area contributed by atoms with Gasteiger partial charge in [0.15, 0.2) is 0 Å². The van der Waals surface area contributed by atoms with Gasteiger partial charge in [0.05, 0.1) is 0 Å². The minimum Gasteiger partial charge on any atom is -0.316 e. The highest BCUT2D eigenvalue weighted by atomic mass is 14.9. The van der Waals surface area contributed by atoms with Crippen molar-refractivity contribution < 1.29 is 0 Å². The molecule has 1 nitrogen and oxygen atoms in total. The van der Waals surface area contributed by atoms with E-state index in [1.807, 2.05) is 0 Å². The van der Waals surface area contributed by atoms with Gasteiger partial charge in [0.25, 0.3) is 0 Å². The van der Waals surface area contributed by atoms with E-state index in [-0.39, 0.29) is 0 Å². The van der Waals surface area contributed by atoms with Crippen molar-refractivity contribution in [2.75, 3.05) is 13.1 Å². The Kier molecular flexibility index (Phi) is 4.94. The molecule has 1 rings (SSSR count). The van der Waals surface area contributed by atoms with E-state index in [9.17, 15) is 0 Å². The lowest BCUT2D eigenvalue weighted by Gasteiger charge is -2.19. The third-order valence-corrected chi connectivity index (χ3v) is 3.02. The van der Waals surface area contributed by atoms with Gasteiger partial charge in [0.2, 0.25) is 0 Å². The Morgan fingerprint density at radius 1 is 1.00 bits per heavy atom. The molecule has 0 bridgehead atoms. The molecular formula is C13H27N. The molecule has 14 heavy (non-hydrogen) atoms. The molecule has 84 valence electrons. The van der Waals surface area contributed by atoms with Crippen LogP contribution in [0.2, 0.25) is 0 Å². The summed E-state index contributed by atoms with van der Waals surface area (Å²) in [6.45, 7) is 11.7. The Labute approximate surface area is 89.7 Å². The molecule has 1 fully saturated rings. The standard InChI is InChI=1S/C13H27N/c1-10(2)7-13(12-5-6-12)9-14-8-11(3)4/h10-14H,5-9H2,1-4H3. The molecule has 0 aromatic carbocycles. The molecule has 0 radical (unpaired) electrons. The van der Waals surface area contributed by atoms with E-state index in [1.165, 1.54) is 32.4 Å². The highest BCUT2D eigenvalue weighted by molar-refractivity contribution is 4.83. The fourth-order valence-electron chi connectivity index (χ4n) is 2.17. The summed E-state index contributed by atoms with van der Waals surface area (Å²) in [7, 11) is 0. The second-order valence-corrected chi connectivity index (χ2v) is 5.78. The van der Waals surface area contributed by atoms with Crippen LogP contribution in [0.4, 0.5) is 0 Å². The van der Waals surface area contributed by atoms with E-state index < -0.39 is 0 Å². The van der Waals surface area contributed by atoms with Crippen LogP contribution in [0.15, 0.2) is 0 Å². The average Bonchev–Trinajstić information content (AvgIpc) is 2.83. The van der Waals surface area contributed by atoms with Gasteiger partial charge in [0.1, 0.15) is 0 Å². The molecule has 1 heteroatoms. The summed E-state index contributed by atoms with van der Waals surface area (Å²) < 4.78 is 0. The van der Waals surface area contributed by atoms with Crippen LogP contribution in [0.3, 0.4) is 0 Å². The molecule has 0 aromatic heterocycles. The Bertz CT molecular complexity index is 147. The lowest BCUT2D eigenvalue weighted by molar-refractivity contribution is 0.343. The fraction of sp³-hybridized carbons (Fsp3) is 1.00. The van der Waals surface area contributed by atoms with Crippen LogP contribution >= 0.6 is 0 Å². The zero-order valence-corrected chi connectivity index (χ0v) is 10.3. The Morgan fingerprint density at radius 2 is 1.64 bits per heavy atom. The zero-order valence-electron chi connectivity index (χ0n) is 10.3. The largest absolute Gasteiger partial charge is 0.316 e. The predicted octanol–water partition coefficient (Wildman–Crippen LogP) is 3.30. The first kappa shape index (κ1) is 12.0. The Morgan fingerprint density at radius 3 is 2.07 bits per heavy atom. The van der Waals surface area contributed by atoms with E-state index in [0.717, 1.165) is 23.7 Å². The number of hydrogen-bond acceptors (Lipinski definition) is 1. The van der Waals surface area contributed by atoms with E-state index in [1.54, 1.807) is 0 Å². The van der Waals surface area contributed by atoms with Gasteiger partial charge in [-0.3, -0.25) is 0 Å². The van der Waals surface area contributed by atoms with Crippen LogP contribution in [0.5, 0.6) is 0 Å². The van der Waals surface area contributed by atoms with E-state index in [4.69, 9.17) is 0 Å². The third kappa shape index (κ3) is 4.99. The summed E-state index contributed by atoms with van der Waals surface area (Å²) in [5.74, 6) is 3.65. The number of rotatable bonds is 7. The van der Waals surface area contributed by atoms with Crippen LogP contribution in [0.25, 0.3) is 0 Å². The van der Waals surface area contributed by atoms with E-state index >= 15 is 0 Å². The van der Waals surface area contributed by atoms with Crippen molar-refractivity contribution in [3.8, 4) is 0 Å². The lowest BCUT2D eigenvalue weighted by atomic mass is 9.92. The van der Waals surface area contributed by atoms with Gasteiger partial charge in [-0.15, -0.1) is 0 Å². The summed E-state index contributed by atoms with van der Waals surface area (Å²) in [4.78, 5) is 0. The predicted molar refractivity (Wildman–Crippen MR) is 63.4 cm³/mol. The fourth-order valence-corrected chi connectivity index (χ4v) is 2.17. The van der Waals surface area contributed by atoms with Crippen molar-refractivity contribution in [3.05, 3.63) is 0 Å². The van der Waals surface area contributed by atoms with Crippen molar-refractivity contribution in [1.82, 2.24) is 5.32 Å². The van der Waals surface area contributed by atoms with Crippen LogP contribution < -0.4 is 5.32 Å². The van der Waals surface area contributed by atoms with Crippen molar-refractivity contribution in [3.63, 3.8) is 0 Å². The molecule has 0 saturated heterocycles. The SMILES string of the molecule is CC(C)CNCC(CC(C)C)C1CC1. The molecule has 1 atom stereocenters. The maximum atomic E-state index is 3.61. The first-order chi connectivity index (χ1) is 6.59. The summed E-state index contributed by atoms with van der Waals surface area (Å²) in [5, 5.41) is 3.61. The van der Waals surface area contributed by atoms with Crippen LogP contribution in [-0.2, 0) is 0 Å². The first-order valence-corrected chi connectivity index (χ1v) is 6.30. The summed E-state index contributed by atoms with van der Waals surface area (Å²) in [6, 6.07) is 0. The molecule has 1 aliphatic carbocycles. The summed E-state index contributed by atoms with van der Waals surface area (Å²) in [5.41, 5.74) is 0. The molecule has 0 aliphatic heterocycles. The molecule has 0 spiro atoms. The Hall–Kier alpha value is -0.0400. The monoisotopic (exact) mass is 197 g/mol. The van der Waals surface area contributed by atoms with Crippen molar-refractivity contribution in [2.45, 2.75) is 47.0 Å². The average molecular weight is 197 g/mol. The van der Waals surface area contributed by atoms with Gasteiger partial charge in [-0.05, 0) is 56.0 Å². The molecular weight excluding hydrogens is 170 g/mol. The quantitative estimate of drug-likeness (QED) is 0.660. The van der Waals surface area contributed by atoms with E-state index in [0.29, 0.717) is 0 Å². The molecule has 1 aliphatic rings. The molecule has 0 amide bonds. The van der Waals surface area contributed by atoms with Gasteiger partial charge in [-0.25, -0.2) is 0 Å². The maximum absolute atomic E-state index is 3.61. The van der Waals surface area contributed by atoms with Gasteiger partial charge in [0, 0.05) is 0 Å². The summed E-state index contributed by atoms with van der Waals surface area (Å²) in [6.07, 6.45) is 4.39. The lowest BCUT2D eigenvalue weighted by Crippen LogP contribution is -2.28. The molecule has 0 heterocycles. The highest BCUT2D eigenvalue weighted by Gasteiger charge is 2.30. The number of nitrogens with one attached hydrogen (secondary N) is 1. The number of hydrogen-bond donors (Lipinski definition) is 1. The summed E-state index contributed by atoms with van der Waals surface area (Å²) >= 11 is 0. The normalized spacial score (nSPS) is 19.3. The second kappa shape index (κ2) is 5.75. The Balaban J connectivity index is 2.15. The van der Waals surface area contributed by atoms with Gasteiger partial charge in [-0.2, -0.15) is 0 Å². The highest BCUT2D eigenvalue weighted by Crippen LogP contribution is 2.39. The van der Waals surface area contributed by atoms with Crippen molar-refractivity contribution in [1.29, 1.82) is 0 Å². The molecule has 1 saturated carbocycles. The van der Waals surface area contributed by atoms with Gasteiger partial charge >= 0.3 is 0 Å². The van der Waals surface area contributed by atoms with Crippen molar-refractivity contribution >= 4 is 0 Å². The first-order valence-electron chi connectivity index (χ1n) is 6.30. The topological polar surface area (TPSA) is 12.0 Å². The molecule has 0 aromatic rings. The van der Waals surface area contributed by atoms with Crippen LogP contribution in [-0.4, -0.2) is 13.1 Å². The van der Waals surface area contributed by atoms with Crippen LogP contribution in [0.1, 0.15) is 47.0 Å². The van der Waals surface area contributed by atoms with Gasteiger partial charge < -0.3 is 5.32 Å². The molecule has 1 N–H and O–H groups in total. The zero-order chi connectivity index (χ0) is 10.6. The van der Waals surface area contributed by atoms with E-state index in [2.05, 4.69) is 33.0 Å². The minimum absolute atomic E-state index is 0.786. The van der Waals surface area contributed by atoms with Crippen molar-refractivity contribution in [2.24, 2.45) is 23.7 Å².